The zero-order chi connectivity index (χ0) is 9.10. The van der Waals surface area contributed by atoms with Gasteiger partial charge in [0.2, 0.25) is 0 Å². The highest BCUT2D eigenvalue weighted by atomic mass is 16.1. The van der Waals surface area contributed by atoms with Gasteiger partial charge < -0.3 is 0 Å². The molecular formula is C11H11NO. The molecule has 1 fully saturated rings. The summed E-state index contributed by atoms with van der Waals surface area (Å²) in [5.41, 5.74) is 0.844. The molecule has 1 aliphatic carbocycles. The molecule has 66 valence electrons. The second-order valence-electron chi connectivity index (χ2n) is 3.26. The molecule has 0 saturated heterocycles. The van der Waals surface area contributed by atoms with Crippen LogP contribution < -0.4 is 0 Å². The van der Waals surface area contributed by atoms with Gasteiger partial charge in [-0.25, -0.2) is 0 Å². The molecule has 0 spiro atoms. The van der Waals surface area contributed by atoms with Crippen molar-refractivity contribution in [2.45, 2.75) is 12.8 Å². The minimum absolute atomic E-state index is 0.241. The van der Waals surface area contributed by atoms with Crippen LogP contribution in [0.25, 0.3) is 6.08 Å². The Morgan fingerprint density at radius 3 is 2.92 bits per heavy atom. The summed E-state index contributed by atoms with van der Waals surface area (Å²) in [6.07, 6.45) is 7.26. The molecule has 1 aliphatic rings. The first-order chi connectivity index (χ1) is 6.36. The Morgan fingerprint density at radius 2 is 2.31 bits per heavy atom. The van der Waals surface area contributed by atoms with Gasteiger partial charge in [0.1, 0.15) is 0 Å². The fourth-order valence-corrected chi connectivity index (χ4v) is 1.15. The second kappa shape index (κ2) is 3.52. The van der Waals surface area contributed by atoms with Crippen molar-refractivity contribution in [2.24, 2.45) is 5.92 Å². The lowest BCUT2D eigenvalue weighted by atomic mass is 10.2. The van der Waals surface area contributed by atoms with Gasteiger partial charge in [-0.1, -0.05) is 6.07 Å². The Morgan fingerprint density at radius 1 is 1.46 bits per heavy atom. The number of nitrogens with zero attached hydrogens (tertiary/aromatic N) is 1. The lowest BCUT2D eigenvalue weighted by molar-refractivity contribution is -0.115. The summed E-state index contributed by atoms with van der Waals surface area (Å²) >= 11 is 0. The van der Waals surface area contributed by atoms with Crippen molar-refractivity contribution >= 4 is 11.9 Å². The number of allylic oxidation sites excluding steroid dienone is 1. The van der Waals surface area contributed by atoms with Crippen molar-refractivity contribution in [2.75, 3.05) is 0 Å². The monoisotopic (exact) mass is 173 g/mol. The number of carbonyl (C=O) groups excluding carboxylic acids is 1. The first-order valence-corrected chi connectivity index (χ1v) is 4.49. The Kier molecular flexibility index (Phi) is 2.21. The van der Waals surface area contributed by atoms with E-state index in [0.29, 0.717) is 5.92 Å². The summed E-state index contributed by atoms with van der Waals surface area (Å²) in [5, 5.41) is 0. The van der Waals surface area contributed by atoms with E-state index in [1.54, 1.807) is 18.3 Å². The van der Waals surface area contributed by atoms with Crippen molar-refractivity contribution < 1.29 is 4.79 Å². The maximum Gasteiger partial charge on any atom is 0.158 e. The van der Waals surface area contributed by atoms with Gasteiger partial charge in [-0.2, -0.15) is 0 Å². The molecule has 0 bridgehead atoms. The van der Waals surface area contributed by atoms with Gasteiger partial charge in [0.25, 0.3) is 0 Å². The fourth-order valence-electron chi connectivity index (χ4n) is 1.15. The third-order valence-corrected chi connectivity index (χ3v) is 2.09. The zero-order valence-corrected chi connectivity index (χ0v) is 7.31. The van der Waals surface area contributed by atoms with E-state index in [4.69, 9.17) is 0 Å². The van der Waals surface area contributed by atoms with Crippen LogP contribution in [0, 0.1) is 5.92 Å². The van der Waals surface area contributed by atoms with Gasteiger partial charge in [0.15, 0.2) is 5.78 Å². The van der Waals surface area contributed by atoms with Crippen LogP contribution in [-0.2, 0) is 4.79 Å². The first kappa shape index (κ1) is 8.17. The molecule has 0 radical (unpaired) electrons. The quantitative estimate of drug-likeness (QED) is 0.655. The predicted octanol–water partition coefficient (Wildman–Crippen LogP) is 2.07. The van der Waals surface area contributed by atoms with Gasteiger partial charge in [-0.15, -0.1) is 0 Å². The van der Waals surface area contributed by atoms with Crippen LogP contribution >= 0.6 is 0 Å². The SMILES string of the molecule is O=C(/C=C/c1ccccn1)C1CC1. The molecule has 1 aromatic rings. The van der Waals surface area contributed by atoms with Gasteiger partial charge in [-0.05, 0) is 37.1 Å². The maximum absolute atomic E-state index is 11.3. The number of rotatable bonds is 3. The Hall–Kier alpha value is -1.44. The molecule has 1 aromatic heterocycles. The van der Waals surface area contributed by atoms with Crippen LogP contribution in [0.4, 0.5) is 0 Å². The molecule has 1 heterocycles. The molecule has 2 nitrogen and oxygen atoms in total. The van der Waals surface area contributed by atoms with Crippen LogP contribution in [0.2, 0.25) is 0 Å². The summed E-state index contributed by atoms with van der Waals surface area (Å²) in [6, 6.07) is 5.66. The molecule has 0 atom stereocenters. The Bertz CT molecular complexity index is 325. The predicted molar refractivity (Wildman–Crippen MR) is 51.0 cm³/mol. The summed E-state index contributed by atoms with van der Waals surface area (Å²) < 4.78 is 0. The van der Waals surface area contributed by atoms with Crippen molar-refractivity contribution in [1.29, 1.82) is 0 Å². The number of ketones is 1. The third kappa shape index (κ3) is 2.25. The lowest BCUT2D eigenvalue weighted by Crippen LogP contribution is -1.93. The van der Waals surface area contributed by atoms with Gasteiger partial charge in [0, 0.05) is 12.1 Å². The van der Waals surface area contributed by atoms with Crippen LogP contribution in [0.3, 0.4) is 0 Å². The van der Waals surface area contributed by atoms with Crippen molar-refractivity contribution in [3.05, 3.63) is 36.2 Å². The van der Waals surface area contributed by atoms with Crippen LogP contribution in [0.15, 0.2) is 30.5 Å². The molecule has 0 amide bonds. The Labute approximate surface area is 77.3 Å². The number of carbonyl (C=O) groups is 1. The summed E-state index contributed by atoms with van der Waals surface area (Å²) in [5.74, 6) is 0.547. The maximum atomic E-state index is 11.3. The minimum atomic E-state index is 0.241. The molecule has 0 aromatic carbocycles. The van der Waals surface area contributed by atoms with Crippen molar-refractivity contribution in [1.82, 2.24) is 4.98 Å². The first-order valence-electron chi connectivity index (χ1n) is 4.49. The molecule has 0 N–H and O–H groups in total. The van der Waals surface area contributed by atoms with E-state index in [0.717, 1.165) is 18.5 Å². The standard InChI is InChI=1S/C11H11NO/c13-11(9-4-5-9)7-6-10-3-1-2-8-12-10/h1-3,6-9H,4-5H2/b7-6+. The summed E-state index contributed by atoms with van der Waals surface area (Å²) in [4.78, 5) is 15.4. The average Bonchev–Trinajstić information content (AvgIpc) is 2.99. The van der Waals surface area contributed by atoms with Gasteiger partial charge >= 0.3 is 0 Å². The molecule has 0 unspecified atom stereocenters. The molecule has 2 heteroatoms. The lowest BCUT2D eigenvalue weighted by Gasteiger charge is -1.89. The van der Waals surface area contributed by atoms with E-state index in [9.17, 15) is 4.79 Å². The third-order valence-electron chi connectivity index (χ3n) is 2.09. The minimum Gasteiger partial charge on any atom is -0.295 e. The van der Waals surface area contributed by atoms with Crippen LogP contribution in [0.5, 0.6) is 0 Å². The highest BCUT2D eigenvalue weighted by Gasteiger charge is 2.27. The molecule has 1 saturated carbocycles. The molecular weight excluding hydrogens is 162 g/mol. The average molecular weight is 173 g/mol. The second-order valence-corrected chi connectivity index (χ2v) is 3.26. The number of pyridine rings is 1. The normalized spacial score (nSPS) is 16.3. The smallest absolute Gasteiger partial charge is 0.158 e. The van der Waals surface area contributed by atoms with Crippen molar-refractivity contribution in [3.63, 3.8) is 0 Å². The fraction of sp³-hybridized carbons (Fsp3) is 0.273. The topological polar surface area (TPSA) is 30.0 Å². The highest BCUT2D eigenvalue weighted by molar-refractivity contribution is 5.96. The van der Waals surface area contributed by atoms with E-state index in [1.807, 2.05) is 18.2 Å². The zero-order valence-electron chi connectivity index (χ0n) is 7.31. The summed E-state index contributed by atoms with van der Waals surface area (Å²) in [6.45, 7) is 0. The van der Waals surface area contributed by atoms with Gasteiger partial charge in [0.05, 0.1) is 5.69 Å². The van der Waals surface area contributed by atoms with E-state index >= 15 is 0 Å². The van der Waals surface area contributed by atoms with Crippen LogP contribution in [-0.4, -0.2) is 10.8 Å². The Balaban J connectivity index is 2.00. The number of aromatic nitrogens is 1. The number of hydrogen-bond acceptors (Lipinski definition) is 2. The van der Waals surface area contributed by atoms with E-state index in [2.05, 4.69) is 4.98 Å². The van der Waals surface area contributed by atoms with E-state index in [1.165, 1.54) is 0 Å². The molecule has 0 aliphatic heterocycles. The van der Waals surface area contributed by atoms with E-state index in [-0.39, 0.29) is 5.78 Å². The van der Waals surface area contributed by atoms with E-state index < -0.39 is 0 Å². The highest BCUT2D eigenvalue weighted by Crippen LogP contribution is 2.30. The molecule has 13 heavy (non-hydrogen) atoms. The van der Waals surface area contributed by atoms with Crippen LogP contribution in [0.1, 0.15) is 18.5 Å². The van der Waals surface area contributed by atoms with Gasteiger partial charge in [-0.3, -0.25) is 9.78 Å². The summed E-state index contributed by atoms with van der Waals surface area (Å²) in [7, 11) is 0. The number of hydrogen-bond donors (Lipinski definition) is 0. The molecule has 2 rings (SSSR count). The largest absolute Gasteiger partial charge is 0.295 e. The van der Waals surface area contributed by atoms with Crippen molar-refractivity contribution in [3.8, 4) is 0 Å².